The van der Waals surface area contributed by atoms with Crippen LogP contribution in [0.2, 0.25) is 0 Å². The topological polar surface area (TPSA) is 103 Å². The molecule has 3 N–H and O–H groups in total. The largest absolute Gasteiger partial charge is 0.368 e. The number of amides is 1. The summed E-state index contributed by atoms with van der Waals surface area (Å²) in [5, 5.41) is 17.1. The molecule has 0 aliphatic heterocycles. The van der Waals surface area contributed by atoms with E-state index in [4.69, 9.17) is 0 Å². The lowest BCUT2D eigenvalue weighted by Gasteiger charge is -2.20. The van der Waals surface area contributed by atoms with Gasteiger partial charge in [0.15, 0.2) is 5.82 Å². The highest BCUT2D eigenvalue weighted by atomic mass is 19.1. The second kappa shape index (κ2) is 8.99. The van der Waals surface area contributed by atoms with Gasteiger partial charge in [0.05, 0.1) is 23.6 Å². The summed E-state index contributed by atoms with van der Waals surface area (Å²) in [6, 6.07) is 13.7. The van der Waals surface area contributed by atoms with Crippen LogP contribution >= 0.6 is 0 Å². The fourth-order valence-corrected chi connectivity index (χ4v) is 3.11. The van der Waals surface area contributed by atoms with Gasteiger partial charge < -0.3 is 10.2 Å². The predicted octanol–water partition coefficient (Wildman–Crippen LogP) is 3.15. The molecule has 0 unspecified atom stereocenters. The zero-order valence-corrected chi connectivity index (χ0v) is 16.0. The third kappa shape index (κ3) is 4.52. The minimum atomic E-state index is -0.266. The smallest absolute Gasteiger partial charge is 0.214 e. The maximum Gasteiger partial charge on any atom is 0.214 e. The number of aromatic nitrogens is 5. The Kier molecular flexibility index (Phi) is 5.79. The van der Waals surface area contributed by atoms with Crippen LogP contribution in [0.15, 0.2) is 60.9 Å². The first-order chi connectivity index (χ1) is 14.7. The van der Waals surface area contributed by atoms with Crippen molar-refractivity contribution in [3.63, 3.8) is 0 Å². The number of pyridine rings is 1. The molecule has 3 aromatic heterocycles. The first-order valence-corrected chi connectivity index (χ1v) is 9.43. The highest BCUT2D eigenvalue weighted by Gasteiger charge is 2.15. The van der Waals surface area contributed by atoms with Crippen molar-refractivity contribution in [3.8, 4) is 11.4 Å². The van der Waals surface area contributed by atoms with Crippen molar-refractivity contribution in [1.82, 2.24) is 25.4 Å². The molecule has 0 radical (unpaired) electrons. The van der Waals surface area contributed by atoms with Crippen LogP contribution < -0.4 is 10.2 Å². The Morgan fingerprint density at radius 3 is 2.63 bits per heavy atom. The van der Waals surface area contributed by atoms with Crippen LogP contribution in [0.5, 0.6) is 0 Å². The number of hydrogen-bond donors (Lipinski definition) is 3. The molecule has 9 heteroatoms. The molecule has 0 saturated carbocycles. The predicted molar refractivity (Wildman–Crippen MR) is 111 cm³/mol. The third-order valence-corrected chi connectivity index (χ3v) is 4.56. The monoisotopic (exact) mass is 405 g/mol. The SMILES string of the molecule is O=CN(Cc1cc[nH]n1)c1ccc(-c2cc[nH]n2)nc1NCCc1cccc(F)c1. The number of aromatic amines is 2. The Balaban J connectivity index is 1.58. The van der Waals surface area contributed by atoms with Gasteiger partial charge in [0.25, 0.3) is 0 Å². The molecule has 30 heavy (non-hydrogen) atoms. The molecule has 4 aromatic rings. The van der Waals surface area contributed by atoms with E-state index in [1.165, 1.54) is 17.0 Å². The van der Waals surface area contributed by atoms with Gasteiger partial charge in [-0.25, -0.2) is 9.37 Å². The van der Waals surface area contributed by atoms with Gasteiger partial charge >= 0.3 is 0 Å². The number of rotatable bonds is 9. The Bertz CT molecular complexity index is 1100. The van der Waals surface area contributed by atoms with Crippen LogP contribution in [0.3, 0.4) is 0 Å². The van der Waals surface area contributed by atoms with E-state index in [2.05, 4.69) is 30.7 Å². The number of nitrogens with one attached hydrogen (secondary N) is 3. The normalized spacial score (nSPS) is 10.7. The van der Waals surface area contributed by atoms with Crippen molar-refractivity contribution in [3.05, 3.63) is 78.0 Å². The lowest BCUT2D eigenvalue weighted by Crippen LogP contribution is -2.23. The molecule has 0 saturated heterocycles. The number of carbonyl (C=O) groups excluding carboxylic acids is 1. The molecule has 1 aromatic carbocycles. The summed E-state index contributed by atoms with van der Waals surface area (Å²) in [5.74, 6) is 0.271. The average molecular weight is 405 g/mol. The van der Waals surface area contributed by atoms with Gasteiger partial charge in [0.2, 0.25) is 6.41 Å². The lowest BCUT2D eigenvalue weighted by molar-refractivity contribution is -0.107. The summed E-state index contributed by atoms with van der Waals surface area (Å²) >= 11 is 0. The van der Waals surface area contributed by atoms with Crippen molar-refractivity contribution >= 4 is 17.9 Å². The summed E-state index contributed by atoms with van der Waals surface area (Å²) in [7, 11) is 0. The number of H-pyrrole nitrogens is 2. The minimum Gasteiger partial charge on any atom is -0.368 e. The lowest BCUT2D eigenvalue weighted by atomic mass is 10.1. The van der Waals surface area contributed by atoms with E-state index in [9.17, 15) is 9.18 Å². The fraction of sp³-hybridized carbons (Fsp3) is 0.143. The molecule has 0 fully saturated rings. The third-order valence-electron chi connectivity index (χ3n) is 4.56. The molecule has 8 nitrogen and oxygen atoms in total. The van der Waals surface area contributed by atoms with Crippen LogP contribution in [-0.2, 0) is 17.8 Å². The van der Waals surface area contributed by atoms with E-state index in [0.717, 1.165) is 17.7 Å². The maximum absolute atomic E-state index is 13.4. The van der Waals surface area contributed by atoms with E-state index >= 15 is 0 Å². The number of hydrogen-bond acceptors (Lipinski definition) is 5. The fourth-order valence-electron chi connectivity index (χ4n) is 3.11. The number of halogens is 1. The summed E-state index contributed by atoms with van der Waals surface area (Å²) < 4.78 is 13.4. The zero-order valence-electron chi connectivity index (χ0n) is 16.0. The Morgan fingerprint density at radius 2 is 1.90 bits per heavy atom. The number of nitrogens with zero attached hydrogens (tertiary/aromatic N) is 4. The van der Waals surface area contributed by atoms with Crippen LogP contribution in [0.4, 0.5) is 15.9 Å². The van der Waals surface area contributed by atoms with Gasteiger partial charge in [-0.05, 0) is 48.4 Å². The highest BCUT2D eigenvalue weighted by Crippen LogP contribution is 2.28. The summed E-state index contributed by atoms with van der Waals surface area (Å²) in [6.07, 6.45) is 4.77. The van der Waals surface area contributed by atoms with Crippen molar-refractivity contribution in [2.45, 2.75) is 13.0 Å². The van der Waals surface area contributed by atoms with Crippen LogP contribution in [0.1, 0.15) is 11.3 Å². The number of carbonyl (C=O) groups is 1. The van der Waals surface area contributed by atoms with Crippen molar-refractivity contribution in [2.75, 3.05) is 16.8 Å². The highest BCUT2D eigenvalue weighted by molar-refractivity contribution is 5.83. The van der Waals surface area contributed by atoms with Gasteiger partial charge in [-0.15, -0.1) is 0 Å². The van der Waals surface area contributed by atoms with Gasteiger partial charge in [-0.3, -0.25) is 15.0 Å². The second-order valence-electron chi connectivity index (χ2n) is 6.63. The maximum atomic E-state index is 13.4. The minimum absolute atomic E-state index is 0.266. The molecule has 152 valence electrons. The van der Waals surface area contributed by atoms with E-state index in [1.807, 2.05) is 24.3 Å². The van der Waals surface area contributed by atoms with Crippen molar-refractivity contribution in [2.24, 2.45) is 0 Å². The average Bonchev–Trinajstić information content (AvgIpc) is 3.47. The van der Waals surface area contributed by atoms with Gasteiger partial charge in [-0.2, -0.15) is 10.2 Å². The van der Waals surface area contributed by atoms with E-state index in [0.29, 0.717) is 42.4 Å². The molecular formula is C21H20FN7O. The number of anilines is 2. The summed E-state index contributed by atoms with van der Waals surface area (Å²) in [5.41, 5.74) is 3.57. The molecule has 4 rings (SSSR count). The van der Waals surface area contributed by atoms with Gasteiger partial charge in [-0.1, -0.05) is 12.1 Å². The first kappa shape index (κ1) is 19.3. The zero-order chi connectivity index (χ0) is 20.8. The standard InChI is InChI=1S/C21H20FN7O/c22-16-3-1-2-15(12-16)6-9-23-21-20(29(14-30)13-17-7-10-24-27-17)5-4-18(26-21)19-8-11-25-28-19/h1-5,7-8,10-12,14H,6,9,13H2,(H,23,26)(H,24,27)(H,25,28). The van der Waals surface area contributed by atoms with Crippen molar-refractivity contribution < 1.29 is 9.18 Å². The molecule has 0 bridgehead atoms. The summed E-state index contributed by atoms with van der Waals surface area (Å²) in [4.78, 5) is 18.0. The Morgan fingerprint density at radius 1 is 1.03 bits per heavy atom. The molecule has 0 aliphatic carbocycles. The van der Waals surface area contributed by atoms with E-state index in [1.54, 1.807) is 24.5 Å². The molecular weight excluding hydrogens is 385 g/mol. The van der Waals surface area contributed by atoms with Gasteiger partial charge in [0, 0.05) is 18.9 Å². The Labute approximate surface area is 172 Å². The quantitative estimate of drug-likeness (QED) is 0.371. The summed E-state index contributed by atoms with van der Waals surface area (Å²) in [6.45, 7) is 0.817. The molecule has 0 aliphatic rings. The number of benzene rings is 1. The van der Waals surface area contributed by atoms with Crippen molar-refractivity contribution in [1.29, 1.82) is 0 Å². The van der Waals surface area contributed by atoms with Crippen LogP contribution in [-0.4, -0.2) is 38.3 Å². The van der Waals surface area contributed by atoms with Gasteiger partial charge in [0.1, 0.15) is 11.5 Å². The molecule has 1 amide bonds. The molecule has 0 spiro atoms. The molecule has 0 atom stereocenters. The second-order valence-corrected chi connectivity index (χ2v) is 6.63. The molecule has 3 heterocycles. The Hall–Kier alpha value is -4.01. The van der Waals surface area contributed by atoms with Crippen LogP contribution in [0.25, 0.3) is 11.4 Å². The van der Waals surface area contributed by atoms with E-state index < -0.39 is 0 Å². The van der Waals surface area contributed by atoms with Crippen LogP contribution in [0, 0.1) is 5.82 Å². The first-order valence-electron chi connectivity index (χ1n) is 9.43. The van der Waals surface area contributed by atoms with E-state index in [-0.39, 0.29) is 5.82 Å².